The molecule has 1 unspecified atom stereocenters. The van der Waals surface area contributed by atoms with Crippen LogP contribution in [0, 0.1) is 10.1 Å². The predicted molar refractivity (Wildman–Crippen MR) is 66.8 cm³/mol. The summed E-state index contributed by atoms with van der Waals surface area (Å²) in [5, 5.41) is 22.0. The van der Waals surface area contributed by atoms with Crippen LogP contribution in [-0.4, -0.2) is 40.7 Å². The van der Waals surface area contributed by atoms with Gasteiger partial charge in [0.1, 0.15) is 5.82 Å². The number of ether oxygens (including phenoxy) is 1. The van der Waals surface area contributed by atoms with E-state index in [0.29, 0.717) is 5.82 Å². The number of carboxylic acids is 1. The number of hydrogen-bond acceptors (Lipinski definition) is 7. The third-order valence-electron chi connectivity index (χ3n) is 2.35. The van der Waals surface area contributed by atoms with Crippen molar-refractivity contribution >= 4 is 23.3 Å². The fourth-order valence-corrected chi connectivity index (χ4v) is 1.37. The van der Waals surface area contributed by atoms with Gasteiger partial charge < -0.3 is 20.9 Å². The summed E-state index contributed by atoms with van der Waals surface area (Å²) in [5.41, 5.74) is 5.15. The molecular formula is C10H14N4O5. The van der Waals surface area contributed by atoms with E-state index >= 15 is 0 Å². The summed E-state index contributed by atoms with van der Waals surface area (Å²) >= 11 is 0. The molecule has 1 aromatic rings. The molecule has 0 spiro atoms. The Bertz CT molecular complexity index is 479. The number of nitro groups is 1. The van der Waals surface area contributed by atoms with Crippen molar-refractivity contribution in [3.8, 4) is 0 Å². The van der Waals surface area contributed by atoms with Gasteiger partial charge in [0.25, 0.3) is 0 Å². The van der Waals surface area contributed by atoms with Gasteiger partial charge in [-0.25, -0.2) is 4.98 Å². The smallest absolute Gasteiger partial charge is 0.311 e. The van der Waals surface area contributed by atoms with Gasteiger partial charge in [-0.15, -0.1) is 0 Å². The minimum absolute atomic E-state index is 0.161. The number of anilines is 2. The molecule has 0 aliphatic carbocycles. The van der Waals surface area contributed by atoms with Gasteiger partial charge in [0.2, 0.25) is 5.82 Å². The molecule has 0 amide bonds. The summed E-state index contributed by atoms with van der Waals surface area (Å²) in [6, 6.07) is 2.62. The van der Waals surface area contributed by atoms with E-state index in [1.165, 1.54) is 19.2 Å². The Balaban J connectivity index is 2.65. The van der Waals surface area contributed by atoms with Crippen LogP contribution in [0.15, 0.2) is 12.1 Å². The number of hydrogen-bond donors (Lipinski definition) is 3. The highest BCUT2D eigenvalue weighted by Crippen LogP contribution is 2.20. The fourth-order valence-electron chi connectivity index (χ4n) is 1.37. The first-order valence-corrected chi connectivity index (χ1v) is 5.33. The number of nitrogens with one attached hydrogen (secondary N) is 1. The second kappa shape index (κ2) is 6.50. The number of aromatic nitrogens is 1. The first kappa shape index (κ1) is 14.6. The van der Waals surface area contributed by atoms with E-state index in [4.69, 9.17) is 15.6 Å². The largest absolute Gasteiger partial charge is 0.481 e. The zero-order valence-electron chi connectivity index (χ0n) is 10.2. The molecule has 1 aromatic heterocycles. The summed E-state index contributed by atoms with van der Waals surface area (Å²) < 4.78 is 4.96. The van der Waals surface area contributed by atoms with Crippen LogP contribution in [0.4, 0.5) is 17.3 Å². The lowest BCUT2D eigenvalue weighted by atomic mass is 10.2. The second-order valence-corrected chi connectivity index (χ2v) is 3.69. The molecule has 19 heavy (non-hydrogen) atoms. The van der Waals surface area contributed by atoms with E-state index in [1.807, 2.05) is 0 Å². The molecule has 1 heterocycles. The summed E-state index contributed by atoms with van der Waals surface area (Å²) in [6.45, 7) is 0.201. The molecule has 9 heteroatoms. The SMILES string of the molecule is COC(CNc1ccc([N+](=O)[O-])c(N)n1)CC(=O)O. The Hall–Kier alpha value is -2.42. The molecule has 0 radical (unpaired) electrons. The Labute approximate surface area is 108 Å². The van der Waals surface area contributed by atoms with Crippen molar-refractivity contribution in [2.75, 3.05) is 24.7 Å². The van der Waals surface area contributed by atoms with Crippen molar-refractivity contribution in [1.82, 2.24) is 4.98 Å². The van der Waals surface area contributed by atoms with Crippen molar-refractivity contribution in [2.45, 2.75) is 12.5 Å². The van der Waals surface area contributed by atoms with Crippen molar-refractivity contribution in [3.05, 3.63) is 22.2 Å². The topological polar surface area (TPSA) is 141 Å². The maximum absolute atomic E-state index is 10.5. The minimum atomic E-state index is -0.982. The van der Waals surface area contributed by atoms with Gasteiger partial charge in [0, 0.05) is 19.7 Å². The molecule has 0 fully saturated rings. The van der Waals surface area contributed by atoms with E-state index < -0.39 is 17.0 Å². The highest BCUT2D eigenvalue weighted by Gasteiger charge is 2.15. The molecule has 4 N–H and O–H groups in total. The quantitative estimate of drug-likeness (QED) is 0.479. The zero-order valence-corrected chi connectivity index (χ0v) is 10.2. The molecule has 0 aromatic carbocycles. The number of rotatable bonds is 7. The number of pyridine rings is 1. The molecule has 0 aliphatic heterocycles. The molecular weight excluding hydrogens is 256 g/mol. The monoisotopic (exact) mass is 270 g/mol. The summed E-state index contributed by atoms with van der Waals surface area (Å²) in [5.74, 6) is -0.873. The Morgan fingerprint density at radius 3 is 2.84 bits per heavy atom. The van der Waals surface area contributed by atoms with Gasteiger partial charge in [-0.2, -0.15) is 0 Å². The standard InChI is InChI=1S/C10H14N4O5/c1-19-6(4-9(15)16)5-12-8-3-2-7(14(17)18)10(11)13-8/h2-3,6H,4-5H2,1H3,(H,15,16)(H3,11,12,13). The molecule has 0 saturated heterocycles. The predicted octanol–water partition coefficient (Wildman–Crippen LogP) is 0.474. The van der Waals surface area contributed by atoms with Crippen LogP contribution < -0.4 is 11.1 Å². The van der Waals surface area contributed by atoms with E-state index in [0.717, 1.165) is 0 Å². The van der Waals surface area contributed by atoms with Crippen molar-refractivity contribution in [1.29, 1.82) is 0 Å². The minimum Gasteiger partial charge on any atom is -0.481 e. The zero-order chi connectivity index (χ0) is 14.4. The number of methoxy groups -OCH3 is 1. The van der Waals surface area contributed by atoms with E-state index in [1.54, 1.807) is 0 Å². The van der Waals surface area contributed by atoms with E-state index in [9.17, 15) is 14.9 Å². The molecule has 104 valence electrons. The van der Waals surface area contributed by atoms with Gasteiger partial charge in [-0.3, -0.25) is 14.9 Å². The molecule has 0 aliphatic rings. The van der Waals surface area contributed by atoms with E-state index in [2.05, 4.69) is 10.3 Å². The Morgan fingerprint density at radius 2 is 2.37 bits per heavy atom. The third kappa shape index (κ3) is 4.39. The van der Waals surface area contributed by atoms with Crippen LogP contribution in [0.2, 0.25) is 0 Å². The third-order valence-corrected chi connectivity index (χ3v) is 2.35. The normalized spacial score (nSPS) is 11.8. The molecule has 9 nitrogen and oxygen atoms in total. The highest BCUT2D eigenvalue weighted by molar-refractivity contribution is 5.67. The Kier molecular flexibility index (Phi) is 5.01. The molecule has 1 atom stereocenters. The summed E-state index contributed by atoms with van der Waals surface area (Å²) in [4.78, 5) is 24.3. The second-order valence-electron chi connectivity index (χ2n) is 3.69. The number of nitrogens with zero attached hydrogens (tertiary/aromatic N) is 2. The van der Waals surface area contributed by atoms with Gasteiger partial charge in [0.05, 0.1) is 17.4 Å². The van der Waals surface area contributed by atoms with Crippen molar-refractivity contribution in [3.63, 3.8) is 0 Å². The van der Waals surface area contributed by atoms with Gasteiger partial charge in [0.15, 0.2) is 0 Å². The number of aliphatic carboxylic acids is 1. The van der Waals surface area contributed by atoms with Crippen LogP contribution >= 0.6 is 0 Å². The highest BCUT2D eigenvalue weighted by atomic mass is 16.6. The van der Waals surface area contributed by atoms with Gasteiger partial charge in [-0.05, 0) is 6.07 Å². The summed E-state index contributed by atoms with van der Waals surface area (Å²) in [6.07, 6.45) is -0.692. The lowest BCUT2D eigenvalue weighted by Crippen LogP contribution is -2.25. The lowest BCUT2D eigenvalue weighted by molar-refractivity contribution is -0.384. The van der Waals surface area contributed by atoms with Crippen LogP contribution in [0.3, 0.4) is 0 Å². The maximum Gasteiger partial charge on any atom is 0.311 e. The lowest BCUT2D eigenvalue weighted by Gasteiger charge is -2.14. The average Bonchev–Trinajstić information content (AvgIpc) is 2.33. The number of carbonyl (C=O) groups is 1. The molecule has 1 rings (SSSR count). The van der Waals surface area contributed by atoms with Crippen LogP contribution in [0.25, 0.3) is 0 Å². The fraction of sp³-hybridized carbons (Fsp3) is 0.400. The first-order chi connectivity index (χ1) is 8.93. The summed E-state index contributed by atoms with van der Waals surface area (Å²) in [7, 11) is 1.40. The van der Waals surface area contributed by atoms with E-state index in [-0.39, 0.29) is 24.5 Å². The van der Waals surface area contributed by atoms with Gasteiger partial charge >= 0.3 is 11.7 Å². The number of nitrogen functional groups attached to an aromatic ring is 1. The Morgan fingerprint density at radius 1 is 1.68 bits per heavy atom. The molecule has 0 saturated carbocycles. The number of nitrogens with two attached hydrogens (primary N) is 1. The van der Waals surface area contributed by atoms with Crippen molar-refractivity contribution in [2.24, 2.45) is 0 Å². The van der Waals surface area contributed by atoms with Crippen LogP contribution in [-0.2, 0) is 9.53 Å². The maximum atomic E-state index is 10.5. The van der Waals surface area contributed by atoms with Crippen LogP contribution in [0.5, 0.6) is 0 Å². The number of carboxylic acid groups (broad SMARTS) is 1. The molecule has 0 bridgehead atoms. The van der Waals surface area contributed by atoms with Crippen molar-refractivity contribution < 1.29 is 19.6 Å². The van der Waals surface area contributed by atoms with Crippen LogP contribution in [0.1, 0.15) is 6.42 Å². The van der Waals surface area contributed by atoms with Gasteiger partial charge in [-0.1, -0.05) is 0 Å². The first-order valence-electron chi connectivity index (χ1n) is 5.33. The average molecular weight is 270 g/mol.